The maximum Gasteiger partial charge on any atom is 0.319 e. The Kier molecular flexibility index (Phi) is 4.85. The van der Waals surface area contributed by atoms with E-state index in [0.717, 1.165) is 10.2 Å². The number of amides is 1. The van der Waals surface area contributed by atoms with Gasteiger partial charge in [-0.05, 0) is 26.0 Å². The van der Waals surface area contributed by atoms with E-state index >= 15 is 0 Å². The highest BCUT2D eigenvalue weighted by Gasteiger charge is 2.16. The van der Waals surface area contributed by atoms with Gasteiger partial charge in [-0.3, -0.25) is 4.79 Å². The molecule has 7 nitrogen and oxygen atoms in total. The van der Waals surface area contributed by atoms with Gasteiger partial charge in [0.2, 0.25) is 5.88 Å². The number of ether oxygens (including phenoxy) is 2. The molecular formula is C16H16N4O3S. The minimum atomic E-state index is -0.329. The molecule has 8 heteroatoms. The largest absolute Gasteiger partial charge is 0.476 e. The normalized spacial score (nSPS) is 10.6. The first-order valence-corrected chi connectivity index (χ1v) is 8.32. The van der Waals surface area contributed by atoms with Gasteiger partial charge < -0.3 is 14.8 Å². The van der Waals surface area contributed by atoms with Crippen molar-refractivity contribution in [3.05, 3.63) is 35.5 Å². The third-order valence-electron chi connectivity index (χ3n) is 3.02. The molecule has 0 saturated carbocycles. The molecule has 0 unspecified atom stereocenters. The Morgan fingerprint density at radius 3 is 2.71 bits per heavy atom. The topological polar surface area (TPSA) is 86.2 Å². The first kappa shape index (κ1) is 16.1. The summed E-state index contributed by atoms with van der Waals surface area (Å²) in [4.78, 5) is 25.0. The average molecular weight is 344 g/mol. The monoisotopic (exact) mass is 344 g/mol. The van der Waals surface area contributed by atoms with Gasteiger partial charge in [-0.15, -0.1) is 11.3 Å². The zero-order valence-electron chi connectivity index (χ0n) is 13.3. The van der Waals surface area contributed by atoms with Crippen molar-refractivity contribution < 1.29 is 14.3 Å². The minimum Gasteiger partial charge on any atom is -0.476 e. The van der Waals surface area contributed by atoms with Gasteiger partial charge in [0.25, 0.3) is 5.91 Å². The van der Waals surface area contributed by atoms with E-state index in [-0.39, 0.29) is 17.8 Å². The summed E-state index contributed by atoms with van der Waals surface area (Å²) in [6, 6.07) is 7.80. The summed E-state index contributed by atoms with van der Waals surface area (Å²) in [5, 5.41) is 3.11. The average Bonchev–Trinajstić information content (AvgIpc) is 3.02. The summed E-state index contributed by atoms with van der Waals surface area (Å²) in [7, 11) is 0. The SMILES string of the molecule is CCOc1ncc(NC(=O)c2nc3ccccc3s2)c(OCC)n1. The Labute approximate surface area is 142 Å². The second kappa shape index (κ2) is 7.22. The Bertz CT molecular complexity index is 832. The predicted molar refractivity (Wildman–Crippen MR) is 91.9 cm³/mol. The van der Waals surface area contributed by atoms with Gasteiger partial charge in [-0.1, -0.05) is 12.1 Å². The van der Waals surface area contributed by atoms with Crippen LogP contribution >= 0.6 is 11.3 Å². The van der Waals surface area contributed by atoms with Crippen molar-refractivity contribution in [2.24, 2.45) is 0 Å². The van der Waals surface area contributed by atoms with E-state index in [1.807, 2.05) is 38.1 Å². The van der Waals surface area contributed by atoms with E-state index in [1.54, 1.807) is 0 Å². The van der Waals surface area contributed by atoms with Crippen LogP contribution in [0.3, 0.4) is 0 Å². The summed E-state index contributed by atoms with van der Waals surface area (Å²) < 4.78 is 11.7. The molecule has 124 valence electrons. The van der Waals surface area contributed by atoms with Gasteiger partial charge >= 0.3 is 6.01 Å². The van der Waals surface area contributed by atoms with Crippen molar-refractivity contribution in [1.29, 1.82) is 0 Å². The van der Waals surface area contributed by atoms with Gasteiger partial charge in [0.15, 0.2) is 5.01 Å². The van der Waals surface area contributed by atoms with Gasteiger partial charge in [0.05, 0.1) is 29.6 Å². The lowest BCUT2D eigenvalue weighted by atomic mass is 10.3. The number of carbonyl (C=O) groups excluding carboxylic acids is 1. The number of aromatic nitrogens is 3. The molecule has 2 aromatic heterocycles. The standard InChI is InChI=1S/C16H16N4O3S/c1-3-22-14-11(9-17-16(20-14)23-4-2)18-13(21)15-19-10-7-5-6-8-12(10)24-15/h5-9H,3-4H2,1-2H3,(H,18,21). The van der Waals surface area contributed by atoms with Crippen molar-refractivity contribution in [2.75, 3.05) is 18.5 Å². The number of carbonyl (C=O) groups is 1. The molecule has 3 rings (SSSR count). The van der Waals surface area contributed by atoms with Crippen molar-refractivity contribution in [3.8, 4) is 11.9 Å². The highest BCUT2D eigenvalue weighted by molar-refractivity contribution is 7.20. The minimum absolute atomic E-state index is 0.207. The molecule has 1 aromatic carbocycles. The van der Waals surface area contributed by atoms with Crippen LogP contribution in [-0.2, 0) is 0 Å². The van der Waals surface area contributed by atoms with Crippen LogP contribution in [0.15, 0.2) is 30.5 Å². The molecule has 0 bridgehead atoms. The fraction of sp³-hybridized carbons (Fsp3) is 0.250. The number of benzene rings is 1. The first-order valence-electron chi connectivity index (χ1n) is 7.50. The van der Waals surface area contributed by atoms with Crippen LogP contribution in [-0.4, -0.2) is 34.1 Å². The van der Waals surface area contributed by atoms with Crippen molar-refractivity contribution >= 4 is 33.1 Å². The van der Waals surface area contributed by atoms with E-state index in [1.165, 1.54) is 17.5 Å². The highest BCUT2D eigenvalue weighted by Crippen LogP contribution is 2.26. The number of para-hydroxylation sites is 1. The van der Waals surface area contributed by atoms with Gasteiger partial charge in [0.1, 0.15) is 5.69 Å². The van der Waals surface area contributed by atoms with E-state index in [4.69, 9.17) is 9.47 Å². The van der Waals surface area contributed by atoms with Crippen LogP contribution in [0.5, 0.6) is 11.9 Å². The van der Waals surface area contributed by atoms with Crippen LogP contribution in [0.2, 0.25) is 0 Å². The molecule has 0 spiro atoms. The van der Waals surface area contributed by atoms with Crippen LogP contribution < -0.4 is 14.8 Å². The quantitative estimate of drug-likeness (QED) is 0.739. The molecule has 0 aliphatic carbocycles. The number of hydrogen-bond donors (Lipinski definition) is 1. The number of anilines is 1. The Balaban J connectivity index is 1.84. The Morgan fingerprint density at radius 2 is 1.96 bits per heavy atom. The zero-order chi connectivity index (χ0) is 16.9. The predicted octanol–water partition coefficient (Wildman–Crippen LogP) is 3.14. The summed E-state index contributed by atoms with van der Waals surface area (Å²) in [6.07, 6.45) is 1.47. The van der Waals surface area contributed by atoms with Gasteiger partial charge in [0, 0.05) is 0 Å². The van der Waals surface area contributed by atoms with Crippen LogP contribution in [0.4, 0.5) is 5.69 Å². The van der Waals surface area contributed by atoms with Gasteiger partial charge in [-0.2, -0.15) is 4.98 Å². The Hall–Kier alpha value is -2.74. The smallest absolute Gasteiger partial charge is 0.319 e. The molecule has 0 aliphatic rings. The lowest BCUT2D eigenvalue weighted by molar-refractivity contribution is 0.102. The highest BCUT2D eigenvalue weighted by atomic mass is 32.1. The fourth-order valence-corrected chi connectivity index (χ4v) is 2.89. The zero-order valence-corrected chi connectivity index (χ0v) is 14.1. The van der Waals surface area contributed by atoms with Crippen molar-refractivity contribution in [1.82, 2.24) is 15.0 Å². The molecule has 1 amide bonds. The molecule has 0 atom stereocenters. The van der Waals surface area contributed by atoms with E-state index < -0.39 is 0 Å². The molecule has 2 heterocycles. The molecular weight excluding hydrogens is 328 g/mol. The third kappa shape index (κ3) is 3.43. The first-order chi connectivity index (χ1) is 11.7. The number of hydrogen-bond acceptors (Lipinski definition) is 7. The summed E-state index contributed by atoms with van der Waals surface area (Å²) >= 11 is 1.33. The summed E-state index contributed by atoms with van der Waals surface area (Å²) in [5.41, 5.74) is 1.17. The molecule has 0 fully saturated rings. The molecule has 3 aromatic rings. The summed E-state index contributed by atoms with van der Waals surface area (Å²) in [6.45, 7) is 4.53. The number of thiazole rings is 1. The van der Waals surface area contributed by atoms with E-state index in [9.17, 15) is 4.79 Å². The van der Waals surface area contributed by atoms with E-state index in [2.05, 4.69) is 20.3 Å². The van der Waals surface area contributed by atoms with Crippen LogP contribution in [0.25, 0.3) is 10.2 Å². The Morgan fingerprint density at radius 1 is 1.17 bits per heavy atom. The number of nitrogens with zero attached hydrogens (tertiary/aromatic N) is 3. The maximum atomic E-state index is 12.4. The lowest BCUT2D eigenvalue weighted by Gasteiger charge is -2.10. The number of fused-ring (bicyclic) bond motifs is 1. The van der Waals surface area contributed by atoms with Crippen LogP contribution in [0.1, 0.15) is 23.6 Å². The lowest BCUT2D eigenvalue weighted by Crippen LogP contribution is -2.14. The van der Waals surface area contributed by atoms with Crippen LogP contribution in [0, 0.1) is 0 Å². The van der Waals surface area contributed by atoms with Crippen molar-refractivity contribution in [3.63, 3.8) is 0 Å². The second-order valence-electron chi connectivity index (χ2n) is 4.68. The number of rotatable bonds is 6. The molecule has 24 heavy (non-hydrogen) atoms. The second-order valence-corrected chi connectivity index (χ2v) is 5.71. The van der Waals surface area contributed by atoms with Gasteiger partial charge in [-0.25, -0.2) is 9.97 Å². The third-order valence-corrected chi connectivity index (χ3v) is 4.06. The molecule has 0 radical (unpaired) electrons. The summed E-state index contributed by atoms with van der Waals surface area (Å²) in [5.74, 6) is -0.0599. The fourth-order valence-electron chi connectivity index (χ4n) is 2.03. The molecule has 1 N–H and O–H groups in total. The van der Waals surface area contributed by atoms with E-state index in [0.29, 0.717) is 23.9 Å². The van der Waals surface area contributed by atoms with Crippen molar-refractivity contribution in [2.45, 2.75) is 13.8 Å². The maximum absolute atomic E-state index is 12.4. The number of nitrogens with one attached hydrogen (secondary N) is 1. The molecule has 0 aliphatic heterocycles. The molecule has 0 saturated heterocycles.